The monoisotopic (exact) mass is 383 g/mol. The van der Waals surface area contributed by atoms with Crippen molar-refractivity contribution in [2.45, 2.75) is 0 Å². The van der Waals surface area contributed by atoms with Crippen molar-refractivity contribution in [2.24, 2.45) is 5.73 Å². The molecule has 8 heteroatoms. The molecule has 2 aromatic heterocycles. The number of halogens is 1. The molecule has 1 aliphatic rings. The van der Waals surface area contributed by atoms with E-state index >= 15 is 0 Å². The lowest BCUT2D eigenvalue weighted by Gasteiger charge is -2.35. The van der Waals surface area contributed by atoms with Crippen molar-refractivity contribution in [2.75, 3.05) is 36.0 Å². The minimum Gasteiger partial charge on any atom is -0.365 e. The zero-order valence-corrected chi connectivity index (χ0v) is 15.3. The number of anilines is 2. The molecule has 1 aromatic carbocycles. The van der Waals surface area contributed by atoms with Gasteiger partial charge in [-0.1, -0.05) is 0 Å². The summed E-state index contributed by atoms with van der Waals surface area (Å²) in [7, 11) is 0. The standard InChI is InChI=1S/C19H18FN5OS/c20-14-5-3-13(4-6-14)16-12-27-19(23-16)25-10-8-24(9-11-25)18-15(17(21)26)2-1-7-22-18/h1-7,12H,8-11H2,(H2,21,26). The van der Waals surface area contributed by atoms with E-state index in [1.165, 1.54) is 12.1 Å². The van der Waals surface area contributed by atoms with Gasteiger partial charge in [-0.3, -0.25) is 4.79 Å². The fourth-order valence-corrected chi connectivity index (χ4v) is 4.00. The van der Waals surface area contributed by atoms with Crippen LogP contribution < -0.4 is 15.5 Å². The predicted octanol–water partition coefficient (Wildman–Crippen LogP) is 2.77. The third-order valence-corrected chi connectivity index (χ3v) is 5.44. The number of nitrogens with two attached hydrogens (primary N) is 1. The Kier molecular flexibility index (Phi) is 4.72. The van der Waals surface area contributed by atoms with Crippen LogP contribution in [0, 0.1) is 5.82 Å². The van der Waals surface area contributed by atoms with Crippen LogP contribution in [0.25, 0.3) is 11.3 Å². The zero-order chi connectivity index (χ0) is 18.8. The second-order valence-corrected chi connectivity index (χ2v) is 7.07. The summed E-state index contributed by atoms with van der Waals surface area (Å²) in [6.45, 7) is 2.99. The van der Waals surface area contributed by atoms with E-state index in [9.17, 15) is 9.18 Å². The van der Waals surface area contributed by atoms with Crippen molar-refractivity contribution in [1.29, 1.82) is 0 Å². The van der Waals surface area contributed by atoms with Crippen molar-refractivity contribution < 1.29 is 9.18 Å². The van der Waals surface area contributed by atoms with Crippen molar-refractivity contribution in [3.8, 4) is 11.3 Å². The smallest absolute Gasteiger partial charge is 0.252 e. The summed E-state index contributed by atoms with van der Waals surface area (Å²) in [6.07, 6.45) is 1.67. The molecule has 4 rings (SSSR count). The quantitative estimate of drug-likeness (QED) is 0.750. The van der Waals surface area contributed by atoms with E-state index in [2.05, 4.69) is 14.8 Å². The molecular weight excluding hydrogens is 365 g/mol. The zero-order valence-electron chi connectivity index (χ0n) is 14.5. The van der Waals surface area contributed by atoms with E-state index in [0.717, 1.165) is 42.6 Å². The number of amides is 1. The molecule has 0 spiro atoms. The maximum atomic E-state index is 13.1. The van der Waals surface area contributed by atoms with Crippen molar-refractivity contribution in [1.82, 2.24) is 9.97 Å². The van der Waals surface area contributed by atoms with Gasteiger partial charge < -0.3 is 15.5 Å². The van der Waals surface area contributed by atoms with Gasteiger partial charge in [0.15, 0.2) is 5.13 Å². The lowest BCUT2D eigenvalue weighted by molar-refractivity contribution is 0.100. The highest BCUT2D eigenvalue weighted by molar-refractivity contribution is 7.14. The summed E-state index contributed by atoms with van der Waals surface area (Å²) >= 11 is 1.57. The summed E-state index contributed by atoms with van der Waals surface area (Å²) < 4.78 is 13.1. The Balaban J connectivity index is 1.46. The third-order valence-electron chi connectivity index (χ3n) is 4.53. The Morgan fingerprint density at radius 3 is 2.48 bits per heavy atom. The van der Waals surface area contributed by atoms with Crippen LogP contribution in [0.3, 0.4) is 0 Å². The molecule has 1 fully saturated rings. The van der Waals surface area contributed by atoms with Gasteiger partial charge in [-0.25, -0.2) is 14.4 Å². The van der Waals surface area contributed by atoms with E-state index < -0.39 is 5.91 Å². The third kappa shape index (κ3) is 3.61. The first-order chi connectivity index (χ1) is 13.1. The largest absolute Gasteiger partial charge is 0.365 e. The molecule has 0 radical (unpaired) electrons. The van der Waals surface area contributed by atoms with Gasteiger partial charge in [-0.2, -0.15) is 0 Å². The molecular formula is C19H18FN5OS. The first kappa shape index (κ1) is 17.4. The minimum absolute atomic E-state index is 0.254. The van der Waals surface area contributed by atoms with Crippen LogP contribution in [0.2, 0.25) is 0 Å². The summed E-state index contributed by atoms with van der Waals surface area (Å²) in [6, 6.07) is 9.77. The average Bonchev–Trinajstić information content (AvgIpc) is 3.19. The lowest BCUT2D eigenvalue weighted by Crippen LogP contribution is -2.47. The van der Waals surface area contributed by atoms with Crippen LogP contribution >= 0.6 is 11.3 Å². The second-order valence-electron chi connectivity index (χ2n) is 6.24. The number of piperazine rings is 1. The Bertz CT molecular complexity index is 951. The Morgan fingerprint density at radius 2 is 1.78 bits per heavy atom. The van der Waals surface area contributed by atoms with Gasteiger partial charge in [-0.05, 0) is 36.4 Å². The number of hydrogen-bond donors (Lipinski definition) is 1. The number of thiazole rings is 1. The molecule has 1 aliphatic heterocycles. The second kappa shape index (κ2) is 7.32. The van der Waals surface area contributed by atoms with E-state index in [4.69, 9.17) is 10.7 Å². The number of rotatable bonds is 4. The van der Waals surface area contributed by atoms with E-state index in [1.807, 2.05) is 5.38 Å². The number of benzene rings is 1. The fraction of sp³-hybridized carbons (Fsp3) is 0.211. The van der Waals surface area contributed by atoms with Crippen molar-refractivity contribution >= 4 is 28.2 Å². The topological polar surface area (TPSA) is 75.4 Å². The number of carbonyl (C=O) groups excluding carboxylic acids is 1. The highest BCUT2D eigenvalue weighted by Crippen LogP contribution is 2.29. The SMILES string of the molecule is NC(=O)c1cccnc1N1CCN(c2nc(-c3ccc(F)cc3)cs2)CC1. The molecule has 1 saturated heterocycles. The predicted molar refractivity (Wildman–Crippen MR) is 105 cm³/mol. The normalized spacial score (nSPS) is 14.4. The van der Waals surface area contributed by atoms with Crippen molar-refractivity contribution in [3.05, 3.63) is 59.4 Å². The maximum absolute atomic E-state index is 13.1. The van der Waals surface area contributed by atoms with Gasteiger partial charge in [0.2, 0.25) is 0 Å². The minimum atomic E-state index is -0.468. The van der Waals surface area contributed by atoms with E-state index in [-0.39, 0.29) is 5.82 Å². The van der Waals surface area contributed by atoms with Crippen molar-refractivity contribution in [3.63, 3.8) is 0 Å². The highest BCUT2D eigenvalue weighted by Gasteiger charge is 2.23. The molecule has 0 unspecified atom stereocenters. The van der Waals surface area contributed by atoms with Crippen LogP contribution in [0.1, 0.15) is 10.4 Å². The Labute approximate surface area is 160 Å². The lowest BCUT2D eigenvalue weighted by atomic mass is 10.2. The molecule has 0 bridgehead atoms. The Hall–Kier alpha value is -3.00. The first-order valence-corrected chi connectivity index (χ1v) is 9.46. The molecule has 0 saturated carbocycles. The first-order valence-electron chi connectivity index (χ1n) is 8.58. The molecule has 6 nitrogen and oxygen atoms in total. The van der Waals surface area contributed by atoms with Gasteiger partial charge in [0.05, 0.1) is 11.3 Å². The summed E-state index contributed by atoms with van der Waals surface area (Å²) in [5.41, 5.74) is 7.65. The Morgan fingerprint density at radius 1 is 1.07 bits per heavy atom. The number of carbonyl (C=O) groups is 1. The summed E-state index contributed by atoms with van der Waals surface area (Å²) in [4.78, 5) is 24.9. The molecule has 0 aliphatic carbocycles. The van der Waals surface area contributed by atoms with Gasteiger partial charge in [0.25, 0.3) is 5.91 Å². The van der Waals surface area contributed by atoms with E-state index in [0.29, 0.717) is 11.4 Å². The van der Waals surface area contributed by atoms with E-state index in [1.54, 1.807) is 41.8 Å². The summed E-state index contributed by atoms with van der Waals surface area (Å²) in [5.74, 6) is -0.0876. The number of pyridine rings is 1. The fourth-order valence-electron chi connectivity index (χ4n) is 3.11. The highest BCUT2D eigenvalue weighted by atomic mass is 32.1. The van der Waals surface area contributed by atoms with Crippen LogP contribution in [-0.4, -0.2) is 42.1 Å². The average molecular weight is 383 g/mol. The van der Waals surface area contributed by atoms with Crippen LogP contribution in [0.4, 0.5) is 15.3 Å². The number of hydrogen-bond acceptors (Lipinski definition) is 6. The maximum Gasteiger partial charge on any atom is 0.252 e. The van der Waals surface area contributed by atoms with Gasteiger partial charge >= 0.3 is 0 Å². The molecule has 3 heterocycles. The van der Waals surface area contributed by atoms with Gasteiger partial charge in [-0.15, -0.1) is 11.3 Å². The van der Waals surface area contributed by atoms with Crippen LogP contribution in [0.15, 0.2) is 48.0 Å². The molecule has 1 amide bonds. The van der Waals surface area contributed by atoms with Gasteiger partial charge in [0.1, 0.15) is 11.6 Å². The molecule has 3 aromatic rings. The molecule has 27 heavy (non-hydrogen) atoms. The van der Waals surface area contributed by atoms with Crippen LogP contribution in [-0.2, 0) is 0 Å². The molecule has 2 N–H and O–H groups in total. The number of nitrogens with zero attached hydrogens (tertiary/aromatic N) is 4. The summed E-state index contributed by atoms with van der Waals surface area (Å²) in [5, 5.41) is 2.92. The van der Waals surface area contributed by atoms with Gasteiger partial charge in [0, 0.05) is 43.3 Å². The number of aromatic nitrogens is 2. The van der Waals surface area contributed by atoms with Crippen LogP contribution in [0.5, 0.6) is 0 Å². The number of primary amides is 1. The molecule has 138 valence electrons. The molecule has 0 atom stereocenters.